The van der Waals surface area contributed by atoms with Gasteiger partial charge in [0.2, 0.25) is 0 Å². The number of hydrogen-bond donors (Lipinski definition) is 4. The van der Waals surface area contributed by atoms with Gasteiger partial charge in [-0.25, -0.2) is 15.1 Å². The van der Waals surface area contributed by atoms with Gasteiger partial charge in [0.15, 0.2) is 0 Å². The number of carbonyl (C=O) groups is 1. The Morgan fingerprint density at radius 3 is 2.80 bits per heavy atom. The van der Waals surface area contributed by atoms with Gasteiger partial charge in [0, 0.05) is 25.4 Å². The second-order valence-corrected chi connectivity index (χ2v) is 7.38. The average molecular weight is 428 g/mol. The van der Waals surface area contributed by atoms with Crippen molar-refractivity contribution in [2.24, 2.45) is 0 Å². The van der Waals surface area contributed by atoms with Crippen LogP contribution < -0.4 is 25.5 Å². The molecule has 156 valence electrons. The van der Waals surface area contributed by atoms with E-state index < -0.39 is 12.0 Å². The minimum atomic E-state index is -0.450. The summed E-state index contributed by atoms with van der Waals surface area (Å²) in [6, 6.07) is 12.5. The molecule has 0 aliphatic rings. The number of nitrogens with two attached hydrogens (primary N) is 1. The zero-order valence-electron chi connectivity index (χ0n) is 16.6. The number of ether oxygens (including phenoxy) is 2. The van der Waals surface area contributed by atoms with Crippen LogP contribution in [0.1, 0.15) is 17.3 Å². The lowest BCUT2D eigenvalue weighted by Crippen LogP contribution is -2.49. The van der Waals surface area contributed by atoms with Crippen LogP contribution in [-0.2, 0) is 0 Å². The Bertz CT molecular complexity index is 1050. The highest BCUT2D eigenvalue weighted by Gasteiger charge is 2.17. The standard InChI is InChI=1S/C21H22N4O4S/c1-13(12-26)28-15-9-14(20(27)25-19(22)7-8-23-2)10-16(11-15)29-21-24-17-5-3-4-6-18(17)30-21/h3-11,13,23,26H,12H2,1-2H3,(H2,22,25,27)/p+1/b8-7-/t13-/m0/s1. The van der Waals surface area contributed by atoms with Gasteiger partial charge in [-0.3, -0.25) is 5.41 Å². The molecule has 0 saturated heterocycles. The van der Waals surface area contributed by atoms with Crippen LogP contribution in [0.5, 0.6) is 16.7 Å². The minimum absolute atomic E-state index is 0.167. The molecule has 1 heterocycles. The molecule has 0 saturated carbocycles. The second kappa shape index (κ2) is 9.86. The van der Waals surface area contributed by atoms with Crippen molar-refractivity contribution in [2.45, 2.75) is 13.0 Å². The lowest BCUT2D eigenvalue weighted by Gasteiger charge is -2.14. The molecule has 2 aromatic carbocycles. The number of amides is 1. The maximum Gasteiger partial charge on any atom is 0.339 e. The molecule has 5 N–H and O–H groups in total. The molecule has 3 aromatic rings. The Kier molecular flexibility index (Phi) is 6.99. The lowest BCUT2D eigenvalue weighted by molar-refractivity contribution is -0.115. The highest BCUT2D eigenvalue weighted by molar-refractivity contribution is 7.20. The summed E-state index contributed by atoms with van der Waals surface area (Å²) < 4.78 is 12.6. The van der Waals surface area contributed by atoms with Crippen molar-refractivity contribution in [1.29, 1.82) is 0 Å². The number of aliphatic hydroxyl groups excluding tert-OH is 1. The highest BCUT2D eigenvalue weighted by atomic mass is 32.1. The smallest absolute Gasteiger partial charge is 0.339 e. The van der Waals surface area contributed by atoms with Crippen LogP contribution in [0.25, 0.3) is 10.2 Å². The average Bonchev–Trinajstić information content (AvgIpc) is 3.14. The zero-order chi connectivity index (χ0) is 21.5. The van der Waals surface area contributed by atoms with Gasteiger partial charge < -0.3 is 19.9 Å². The Balaban J connectivity index is 1.88. The predicted octanol–water partition coefficient (Wildman–Crippen LogP) is 1.47. The maximum absolute atomic E-state index is 12.6. The van der Waals surface area contributed by atoms with E-state index in [4.69, 9.17) is 14.9 Å². The summed E-state index contributed by atoms with van der Waals surface area (Å²) >= 11 is 1.40. The van der Waals surface area contributed by atoms with Gasteiger partial charge in [0.25, 0.3) is 11.0 Å². The van der Waals surface area contributed by atoms with E-state index in [1.807, 2.05) is 24.3 Å². The molecule has 1 amide bonds. The molecule has 0 aliphatic heterocycles. The van der Waals surface area contributed by atoms with Crippen LogP contribution in [-0.4, -0.2) is 41.6 Å². The number of nitrogens with zero attached hydrogens (tertiary/aromatic N) is 1. The third kappa shape index (κ3) is 5.56. The lowest BCUT2D eigenvalue weighted by atomic mass is 10.2. The second-order valence-electron chi connectivity index (χ2n) is 6.39. The summed E-state index contributed by atoms with van der Waals surface area (Å²) in [5, 5.41) is 20.9. The first-order valence-corrected chi connectivity index (χ1v) is 10.0. The number of para-hydroxylation sites is 1. The van der Waals surface area contributed by atoms with Crippen LogP contribution in [0.3, 0.4) is 0 Å². The van der Waals surface area contributed by atoms with E-state index in [1.54, 1.807) is 38.4 Å². The van der Waals surface area contributed by atoms with E-state index in [-0.39, 0.29) is 18.0 Å². The number of hydrogen-bond acceptors (Lipinski definition) is 7. The number of amidine groups is 1. The largest absolute Gasteiger partial charge is 0.488 e. The van der Waals surface area contributed by atoms with Gasteiger partial charge in [-0.1, -0.05) is 23.5 Å². The number of nitrogens with one attached hydrogen (secondary N) is 2. The van der Waals surface area contributed by atoms with E-state index in [1.165, 1.54) is 17.4 Å². The number of carbonyl (C=O) groups excluding carboxylic acids is 1. The minimum Gasteiger partial charge on any atom is -0.488 e. The molecule has 1 atom stereocenters. The first-order valence-electron chi connectivity index (χ1n) is 9.22. The number of fused-ring (bicyclic) bond motifs is 1. The maximum atomic E-state index is 12.6. The van der Waals surface area contributed by atoms with Gasteiger partial charge in [0.05, 0.1) is 22.4 Å². The van der Waals surface area contributed by atoms with Gasteiger partial charge >= 0.3 is 5.91 Å². The fourth-order valence-electron chi connectivity index (χ4n) is 2.51. The monoisotopic (exact) mass is 427 g/mol. The molecule has 9 heteroatoms. The number of aliphatic hydroxyl groups is 1. The Morgan fingerprint density at radius 1 is 1.30 bits per heavy atom. The normalized spacial score (nSPS) is 12.0. The van der Waals surface area contributed by atoms with Crippen molar-refractivity contribution in [1.82, 2.24) is 15.6 Å². The van der Waals surface area contributed by atoms with E-state index in [9.17, 15) is 9.90 Å². The quantitative estimate of drug-likeness (QED) is 0.319. The van der Waals surface area contributed by atoms with Gasteiger partial charge in [-0.05, 0) is 31.2 Å². The third-order valence-corrected chi connectivity index (χ3v) is 4.82. The van der Waals surface area contributed by atoms with Crippen molar-refractivity contribution in [2.75, 3.05) is 13.7 Å². The van der Waals surface area contributed by atoms with Crippen molar-refractivity contribution >= 4 is 33.3 Å². The molecule has 0 aliphatic carbocycles. The molecule has 1 aromatic heterocycles. The molecule has 0 radical (unpaired) electrons. The van der Waals surface area contributed by atoms with Gasteiger partial charge in [0.1, 0.15) is 17.6 Å². The van der Waals surface area contributed by atoms with Crippen LogP contribution in [0.2, 0.25) is 0 Å². The first kappa shape index (κ1) is 21.3. The van der Waals surface area contributed by atoms with E-state index in [2.05, 4.69) is 15.6 Å². The van der Waals surface area contributed by atoms with E-state index >= 15 is 0 Å². The SMILES string of the molecule is CN/C=C\C(=[NH2+])NC(=O)c1cc(Oc2nc3ccccc3s2)cc(O[C@@H](C)CO)c1. The van der Waals surface area contributed by atoms with Crippen molar-refractivity contribution in [3.63, 3.8) is 0 Å². The topological polar surface area (TPSA) is 118 Å². The molecule has 0 fully saturated rings. The van der Waals surface area contributed by atoms with Crippen molar-refractivity contribution in [3.05, 3.63) is 60.3 Å². The Morgan fingerprint density at radius 2 is 2.07 bits per heavy atom. The van der Waals surface area contributed by atoms with E-state index in [0.29, 0.717) is 16.7 Å². The van der Waals surface area contributed by atoms with Crippen molar-refractivity contribution in [3.8, 4) is 16.7 Å². The number of rotatable bonds is 8. The number of thiazole rings is 1. The van der Waals surface area contributed by atoms with Gasteiger partial charge in [-0.15, -0.1) is 0 Å². The molecule has 3 rings (SSSR count). The van der Waals surface area contributed by atoms with Crippen LogP contribution in [0.15, 0.2) is 54.7 Å². The van der Waals surface area contributed by atoms with Crippen LogP contribution in [0.4, 0.5) is 0 Å². The molecule has 0 bridgehead atoms. The fourth-order valence-corrected chi connectivity index (χ4v) is 3.35. The molecule has 8 nitrogen and oxygen atoms in total. The molecular formula is C21H23N4O4S+. The van der Waals surface area contributed by atoms with Crippen molar-refractivity contribution < 1.29 is 24.8 Å². The number of benzene rings is 2. The van der Waals surface area contributed by atoms with E-state index in [0.717, 1.165) is 10.2 Å². The Labute approximate surface area is 177 Å². The number of aromatic nitrogens is 1. The van der Waals surface area contributed by atoms with Gasteiger partial charge in [-0.2, -0.15) is 0 Å². The summed E-state index contributed by atoms with van der Waals surface area (Å²) in [4.78, 5) is 17.1. The summed E-state index contributed by atoms with van der Waals surface area (Å²) in [5.74, 6) is 0.512. The molecule has 0 unspecified atom stereocenters. The summed E-state index contributed by atoms with van der Waals surface area (Å²) in [7, 11) is 1.72. The zero-order valence-corrected chi connectivity index (χ0v) is 17.4. The molecule has 30 heavy (non-hydrogen) atoms. The summed E-state index contributed by atoms with van der Waals surface area (Å²) in [6.45, 7) is 1.55. The first-order chi connectivity index (χ1) is 14.5. The fraction of sp³-hybridized carbons (Fsp3) is 0.190. The summed E-state index contributed by atoms with van der Waals surface area (Å²) in [5.41, 5.74) is 1.12. The Hall–Kier alpha value is -3.43. The van der Waals surface area contributed by atoms with Crippen LogP contribution >= 0.6 is 11.3 Å². The molecule has 0 spiro atoms. The molecular weight excluding hydrogens is 404 g/mol. The third-order valence-electron chi connectivity index (χ3n) is 3.90. The highest BCUT2D eigenvalue weighted by Crippen LogP contribution is 2.33. The van der Waals surface area contributed by atoms with Crippen LogP contribution in [0, 0.1) is 0 Å². The predicted molar refractivity (Wildman–Crippen MR) is 116 cm³/mol. The summed E-state index contributed by atoms with van der Waals surface area (Å²) in [6.07, 6.45) is 2.68.